The van der Waals surface area contributed by atoms with Crippen LogP contribution in [0.1, 0.15) is 10.7 Å². The molecule has 0 aliphatic carbocycles. The molecule has 0 aliphatic rings. The standard InChI is InChI=1S/C7H4Cl2N2OS/c8-5(9)7-11-10-6(12-7)4-2-1-3-13-4/h1-3,5H. The van der Waals surface area contributed by atoms with Crippen molar-refractivity contribution in [1.82, 2.24) is 10.2 Å². The Labute approximate surface area is 88.3 Å². The van der Waals surface area contributed by atoms with Crippen molar-refractivity contribution in [3.8, 4) is 10.8 Å². The lowest BCUT2D eigenvalue weighted by atomic mass is 10.5. The Hall–Kier alpha value is -0.580. The van der Waals surface area contributed by atoms with Gasteiger partial charge in [-0.3, -0.25) is 0 Å². The van der Waals surface area contributed by atoms with Gasteiger partial charge in [-0.2, -0.15) is 0 Å². The molecule has 0 amide bonds. The summed E-state index contributed by atoms with van der Waals surface area (Å²) in [6.45, 7) is 0. The number of halogens is 2. The summed E-state index contributed by atoms with van der Waals surface area (Å²) in [5.74, 6) is 0.683. The Kier molecular flexibility index (Phi) is 2.53. The smallest absolute Gasteiger partial charge is 0.257 e. The molecule has 2 rings (SSSR count). The maximum Gasteiger partial charge on any atom is 0.257 e. The van der Waals surface area contributed by atoms with E-state index in [1.165, 1.54) is 11.3 Å². The normalized spacial score (nSPS) is 11.0. The first-order chi connectivity index (χ1) is 6.27. The quantitative estimate of drug-likeness (QED) is 0.749. The summed E-state index contributed by atoms with van der Waals surface area (Å²) in [7, 11) is 0. The minimum Gasteiger partial charge on any atom is -0.417 e. The molecule has 0 bridgehead atoms. The molecule has 0 saturated carbocycles. The van der Waals surface area contributed by atoms with E-state index in [-0.39, 0.29) is 5.89 Å². The molecule has 0 unspecified atom stereocenters. The van der Waals surface area contributed by atoms with Crippen molar-refractivity contribution in [3.63, 3.8) is 0 Å². The minimum atomic E-state index is -0.763. The Balaban J connectivity index is 2.33. The fraction of sp³-hybridized carbons (Fsp3) is 0.143. The number of rotatable bonds is 2. The van der Waals surface area contributed by atoms with Crippen LogP contribution in [0.25, 0.3) is 10.8 Å². The lowest BCUT2D eigenvalue weighted by molar-refractivity contribution is 0.525. The number of hydrogen-bond donors (Lipinski definition) is 0. The third kappa shape index (κ3) is 1.85. The molecule has 2 aromatic heterocycles. The van der Waals surface area contributed by atoms with Crippen molar-refractivity contribution in [3.05, 3.63) is 23.4 Å². The van der Waals surface area contributed by atoms with Crippen LogP contribution in [0, 0.1) is 0 Å². The molecule has 0 spiro atoms. The first-order valence-corrected chi connectivity index (χ1v) is 5.18. The van der Waals surface area contributed by atoms with Gasteiger partial charge in [0, 0.05) is 0 Å². The third-order valence-corrected chi connectivity index (χ3v) is 2.59. The highest BCUT2D eigenvalue weighted by Gasteiger charge is 2.14. The van der Waals surface area contributed by atoms with Crippen LogP contribution in [0.2, 0.25) is 0 Å². The van der Waals surface area contributed by atoms with Crippen molar-refractivity contribution in [2.75, 3.05) is 0 Å². The van der Waals surface area contributed by atoms with Gasteiger partial charge in [0.2, 0.25) is 5.89 Å². The lowest BCUT2D eigenvalue weighted by Crippen LogP contribution is -1.78. The van der Waals surface area contributed by atoms with Crippen LogP contribution in [0.5, 0.6) is 0 Å². The van der Waals surface area contributed by atoms with Crippen molar-refractivity contribution in [2.45, 2.75) is 4.84 Å². The van der Waals surface area contributed by atoms with Gasteiger partial charge in [-0.15, -0.1) is 21.5 Å². The Morgan fingerprint density at radius 1 is 1.38 bits per heavy atom. The monoisotopic (exact) mass is 234 g/mol. The van der Waals surface area contributed by atoms with Crippen molar-refractivity contribution < 1.29 is 4.42 Å². The molecule has 68 valence electrons. The lowest BCUT2D eigenvalue weighted by Gasteiger charge is -1.89. The Bertz CT molecular complexity index is 385. The summed E-state index contributed by atoms with van der Waals surface area (Å²) in [6.07, 6.45) is 0. The second-order valence-corrected chi connectivity index (χ2v) is 4.27. The van der Waals surface area contributed by atoms with Gasteiger partial charge in [-0.25, -0.2) is 0 Å². The zero-order chi connectivity index (χ0) is 9.26. The predicted molar refractivity (Wildman–Crippen MR) is 52.1 cm³/mol. The topological polar surface area (TPSA) is 38.9 Å². The number of nitrogens with zero attached hydrogens (tertiary/aromatic N) is 2. The van der Waals surface area contributed by atoms with Crippen molar-refractivity contribution in [2.24, 2.45) is 0 Å². The molecule has 0 fully saturated rings. The first kappa shape index (κ1) is 8.99. The van der Waals surface area contributed by atoms with Gasteiger partial charge in [0.05, 0.1) is 4.88 Å². The van der Waals surface area contributed by atoms with E-state index in [1.54, 1.807) is 0 Å². The molecule has 0 atom stereocenters. The van der Waals surface area contributed by atoms with Crippen LogP contribution in [0.4, 0.5) is 0 Å². The molecular weight excluding hydrogens is 231 g/mol. The highest BCUT2D eigenvalue weighted by atomic mass is 35.5. The summed E-state index contributed by atoms with van der Waals surface area (Å²) < 4.78 is 5.21. The van der Waals surface area contributed by atoms with E-state index < -0.39 is 4.84 Å². The van der Waals surface area contributed by atoms with Gasteiger partial charge in [-0.05, 0) is 11.4 Å². The van der Waals surface area contributed by atoms with Crippen LogP contribution in [0.15, 0.2) is 21.9 Å². The third-order valence-electron chi connectivity index (χ3n) is 1.36. The van der Waals surface area contributed by atoms with Gasteiger partial charge >= 0.3 is 0 Å². The molecule has 3 nitrogen and oxygen atoms in total. The van der Waals surface area contributed by atoms with E-state index in [0.717, 1.165) is 4.88 Å². The summed E-state index contributed by atoms with van der Waals surface area (Å²) in [5.41, 5.74) is 0. The van der Waals surface area contributed by atoms with Gasteiger partial charge in [0.1, 0.15) is 0 Å². The fourth-order valence-corrected chi connectivity index (χ4v) is 1.64. The van der Waals surface area contributed by atoms with Gasteiger partial charge < -0.3 is 4.42 Å². The van der Waals surface area contributed by atoms with E-state index >= 15 is 0 Å². The molecule has 2 aromatic rings. The predicted octanol–water partition coefficient (Wildman–Crippen LogP) is 3.27. The first-order valence-electron chi connectivity index (χ1n) is 3.43. The molecule has 2 heterocycles. The Morgan fingerprint density at radius 3 is 2.77 bits per heavy atom. The highest BCUT2D eigenvalue weighted by Crippen LogP contribution is 2.28. The summed E-state index contributed by atoms with van der Waals surface area (Å²) in [5, 5.41) is 9.43. The van der Waals surface area contributed by atoms with E-state index in [4.69, 9.17) is 27.6 Å². The van der Waals surface area contributed by atoms with E-state index in [1.807, 2.05) is 17.5 Å². The zero-order valence-corrected chi connectivity index (χ0v) is 8.60. The molecule has 6 heteroatoms. The van der Waals surface area contributed by atoms with E-state index in [0.29, 0.717) is 5.89 Å². The largest absolute Gasteiger partial charge is 0.417 e. The van der Waals surface area contributed by atoms with Gasteiger partial charge in [0.25, 0.3) is 5.89 Å². The van der Waals surface area contributed by atoms with E-state index in [2.05, 4.69) is 10.2 Å². The molecular formula is C7H4Cl2N2OS. The van der Waals surface area contributed by atoms with Crippen LogP contribution in [-0.4, -0.2) is 10.2 Å². The molecule has 0 radical (unpaired) electrons. The average molecular weight is 235 g/mol. The van der Waals surface area contributed by atoms with Crippen LogP contribution < -0.4 is 0 Å². The van der Waals surface area contributed by atoms with Crippen LogP contribution in [0.3, 0.4) is 0 Å². The SMILES string of the molecule is ClC(Cl)c1nnc(-c2cccs2)o1. The van der Waals surface area contributed by atoms with Crippen LogP contribution in [-0.2, 0) is 0 Å². The minimum absolute atomic E-state index is 0.228. The van der Waals surface area contributed by atoms with E-state index in [9.17, 15) is 0 Å². The maximum absolute atomic E-state index is 5.55. The summed E-state index contributed by atoms with van der Waals surface area (Å²) in [4.78, 5) is 0.147. The molecule has 0 N–H and O–H groups in total. The molecule has 0 aromatic carbocycles. The molecule has 13 heavy (non-hydrogen) atoms. The summed E-state index contributed by atoms with van der Waals surface area (Å²) in [6, 6.07) is 3.79. The van der Waals surface area contributed by atoms with Crippen molar-refractivity contribution >= 4 is 34.5 Å². The summed E-state index contributed by atoms with van der Waals surface area (Å²) >= 11 is 12.6. The number of thiophene rings is 1. The van der Waals surface area contributed by atoms with Crippen molar-refractivity contribution in [1.29, 1.82) is 0 Å². The second kappa shape index (κ2) is 3.65. The highest BCUT2D eigenvalue weighted by molar-refractivity contribution is 7.13. The molecule has 0 aliphatic heterocycles. The zero-order valence-electron chi connectivity index (χ0n) is 6.28. The van der Waals surface area contributed by atoms with Gasteiger partial charge in [-0.1, -0.05) is 29.3 Å². The average Bonchev–Trinajstić information content (AvgIpc) is 2.75. The molecule has 0 saturated heterocycles. The fourth-order valence-electron chi connectivity index (χ4n) is 0.823. The van der Waals surface area contributed by atoms with Crippen LogP contribution >= 0.6 is 34.5 Å². The number of aromatic nitrogens is 2. The second-order valence-electron chi connectivity index (χ2n) is 2.22. The number of hydrogen-bond acceptors (Lipinski definition) is 4. The number of alkyl halides is 2. The Morgan fingerprint density at radius 2 is 2.23 bits per heavy atom. The van der Waals surface area contributed by atoms with Gasteiger partial charge in [0.15, 0.2) is 4.84 Å². The maximum atomic E-state index is 5.55.